The number of rotatable bonds is 2. The first-order valence-electron chi connectivity index (χ1n) is 6.52. The number of ether oxygens (including phenoxy) is 1. The zero-order valence-corrected chi connectivity index (χ0v) is 12.4. The van der Waals surface area contributed by atoms with Crippen LogP contribution in [0.5, 0.6) is 0 Å². The van der Waals surface area contributed by atoms with Gasteiger partial charge in [-0.1, -0.05) is 35.9 Å². The predicted octanol–water partition coefficient (Wildman–Crippen LogP) is 4.48. The van der Waals surface area contributed by atoms with E-state index in [1.165, 1.54) is 13.2 Å². The van der Waals surface area contributed by atoms with Crippen LogP contribution in [0.15, 0.2) is 48.7 Å². The minimum atomic E-state index is -0.496. The number of esters is 1. The molecule has 0 aliphatic rings. The van der Waals surface area contributed by atoms with Crippen molar-refractivity contribution in [2.45, 2.75) is 0 Å². The van der Waals surface area contributed by atoms with Crippen LogP contribution in [0.1, 0.15) is 10.4 Å². The molecule has 110 valence electrons. The van der Waals surface area contributed by atoms with Crippen molar-refractivity contribution in [2.24, 2.45) is 0 Å². The summed E-state index contributed by atoms with van der Waals surface area (Å²) in [4.78, 5) is 15.8. The lowest BCUT2D eigenvalue weighted by molar-refractivity contribution is 0.0601. The van der Waals surface area contributed by atoms with E-state index in [1.54, 1.807) is 12.1 Å². The van der Waals surface area contributed by atoms with Crippen molar-refractivity contribution in [3.05, 3.63) is 65.1 Å². The third-order valence-electron chi connectivity index (χ3n) is 3.37. The summed E-state index contributed by atoms with van der Waals surface area (Å²) in [5.74, 6) is -0.917. The fourth-order valence-electron chi connectivity index (χ4n) is 2.34. The molecule has 0 atom stereocenters. The number of carbonyl (C=O) groups is 1. The van der Waals surface area contributed by atoms with E-state index in [2.05, 4.69) is 4.98 Å². The molecular formula is C17H11ClFNO2. The summed E-state index contributed by atoms with van der Waals surface area (Å²) in [5, 5.41) is 1.94. The van der Waals surface area contributed by atoms with Crippen molar-refractivity contribution in [2.75, 3.05) is 7.11 Å². The number of benzene rings is 2. The molecule has 0 aliphatic carbocycles. The van der Waals surface area contributed by atoms with Crippen LogP contribution in [-0.2, 0) is 4.74 Å². The molecule has 5 heteroatoms. The topological polar surface area (TPSA) is 39.2 Å². The second-order valence-electron chi connectivity index (χ2n) is 4.72. The summed E-state index contributed by atoms with van der Waals surface area (Å²) in [6.07, 6.45) is 1.12. The number of nitrogens with zero attached hydrogens (tertiary/aromatic N) is 1. The Balaban J connectivity index is 2.26. The van der Waals surface area contributed by atoms with Gasteiger partial charge in [0.2, 0.25) is 0 Å². The number of fused-ring (bicyclic) bond motifs is 1. The Hall–Kier alpha value is -2.46. The molecule has 0 bridgehead atoms. The fourth-order valence-corrected chi connectivity index (χ4v) is 2.59. The van der Waals surface area contributed by atoms with E-state index in [0.717, 1.165) is 22.5 Å². The second kappa shape index (κ2) is 5.73. The fraction of sp³-hybridized carbons (Fsp3) is 0.0588. The highest BCUT2D eigenvalue weighted by atomic mass is 35.5. The summed E-state index contributed by atoms with van der Waals surface area (Å²) in [7, 11) is 1.33. The van der Waals surface area contributed by atoms with Gasteiger partial charge in [0.25, 0.3) is 0 Å². The van der Waals surface area contributed by atoms with Gasteiger partial charge in [-0.15, -0.1) is 0 Å². The number of pyridine rings is 1. The predicted molar refractivity (Wildman–Crippen MR) is 83.5 cm³/mol. The van der Waals surface area contributed by atoms with E-state index in [1.807, 2.05) is 24.3 Å². The van der Waals surface area contributed by atoms with E-state index >= 15 is 0 Å². The maximum atomic E-state index is 13.2. The lowest BCUT2D eigenvalue weighted by Crippen LogP contribution is -2.00. The van der Waals surface area contributed by atoms with E-state index in [0.29, 0.717) is 11.3 Å². The zero-order valence-electron chi connectivity index (χ0n) is 11.6. The minimum absolute atomic E-state index is 0.218. The number of hydrogen-bond donors (Lipinski definition) is 0. The monoisotopic (exact) mass is 315 g/mol. The Morgan fingerprint density at radius 1 is 1.23 bits per heavy atom. The Bertz CT molecular complexity index is 880. The maximum Gasteiger partial charge on any atom is 0.337 e. The molecule has 0 radical (unpaired) electrons. The Morgan fingerprint density at radius 2 is 2.05 bits per heavy atom. The largest absolute Gasteiger partial charge is 0.465 e. The molecule has 0 saturated carbocycles. The summed E-state index contributed by atoms with van der Waals surface area (Å²) in [5.41, 5.74) is 1.63. The number of hydrogen-bond acceptors (Lipinski definition) is 3. The molecule has 3 nitrogen and oxygen atoms in total. The van der Waals surface area contributed by atoms with Crippen molar-refractivity contribution >= 4 is 28.3 Å². The van der Waals surface area contributed by atoms with Gasteiger partial charge in [-0.3, -0.25) is 4.98 Å². The normalized spacial score (nSPS) is 10.7. The molecule has 0 N–H and O–H groups in total. The molecule has 22 heavy (non-hydrogen) atoms. The second-order valence-corrected chi connectivity index (χ2v) is 5.12. The van der Waals surface area contributed by atoms with Crippen molar-refractivity contribution in [1.82, 2.24) is 4.98 Å². The third-order valence-corrected chi connectivity index (χ3v) is 3.65. The van der Waals surface area contributed by atoms with Gasteiger partial charge >= 0.3 is 5.97 Å². The molecule has 0 spiro atoms. The van der Waals surface area contributed by atoms with Crippen LogP contribution in [0.25, 0.3) is 22.0 Å². The molecule has 0 unspecified atom stereocenters. The molecule has 3 aromatic rings. The van der Waals surface area contributed by atoms with Gasteiger partial charge in [-0.2, -0.15) is 0 Å². The van der Waals surface area contributed by atoms with Crippen LogP contribution >= 0.6 is 11.6 Å². The van der Waals surface area contributed by atoms with Crippen molar-refractivity contribution in [1.29, 1.82) is 0 Å². The molecule has 0 aliphatic heterocycles. The summed E-state index contributed by atoms with van der Waals surface area (Å²) < 4.78 is 17.9. The molecular weight excluding hydrogens is 305 g/mol. The van der Waals surface area contributed by atoms with Gasteiger partial charge in [-0.25, -0.2) is 9.18 Å². The SMILES string of the molecule is COC(=O)c1ccc2cccc(-c3ncc(F)cc3Cl)c2c1. The third kappa shape index (κ3) is 2.53. The van der Waals surface area contributed by atoms with Gasteiger partial charge in [0.05, 0.1) is 29.6 Å². The van der Waals surface area contributed by atoms with Gasteiger partial charge in [-0.05, 0) is 29.0 Å². The number of halogens is 2. The summed E-state index contributed by atoms with van der Waals surface area (Å²) >= 11 is 6.10. The Labute approximate surface area is 131 Å². The molecule has 3 rings (SSSR count). The van der Waals surface area contributed by atoms with E-state index in [9.17, 15) is 9.18 Å². The highest BCUT2D eigenvalue weighted by Crippen LogP contribution is 2.32. The highest BCUT2D eigenvalue weighted by Gasteiger charge is 2.12. The number of carbonyl (C=O) groups excluding carboxylic acids is 1. The molecule has 0 amide bonds. The maximum absolute atomic E-state index is 13.2. The van der Waals surface area contributed by atoms with Crippen molar-refractivity contribution < 1.29 is 13.9 Å². The van der Waals surface area contributed by atoms with E-state index < -0.39 is 11.8 Å². The van der Waals surface area contributed by atoms with Crippen LogP contribution < -0.4 is 0 Å². The molecule has 0 saturated heterocycles. The first-order chi connectivity index (χ1) is 10.6. The quantitative estimate of drug-likeness (QED) is 0.654. The Morgan fingerprint density at radius 3 is 2.77 bits per heavy atom. The highest BCUT2D eigenvalue weighted by molar-refractivity contribution is 6.33. The lowest BCUT2D eigenvalue weighted by atomic mass is 9.99. The van der Waals surface area contributed by atoms with Crippen molar-refractivity contribution in [3.8, 4) is 11.3 Å². The molecule has 1 aromatic heterocycles. The van der Waals surface area contributed by atoms with E-state index in [4.69, 9.17) is 16.3 Å². The van der Waals surface area contributed by atoms with Crippen LogP contribution in [0.4, 0.5) is 4.39 Å². The standard InChI is InChI=1S/C17H11ClFNO2/c1-22-17(21)11-6-5-10-3-2-4-13(14(10)7-11)16-15(18)8-12(19)9-20-16/h2-9H,1H3. The number of aromatic nitrogens is 1. The Kier molecular flexibility index (Phi) is 3.77. The van der Waals surface area contributed by atoms with Crippen LogP contribution in [0.3, 0.4) is 0 Å². The zero-order chi connectivity index (χ0) is 15.7. The molecule has 0 fully saturated rings. The van der Waals surface area contributed by atoms with Gasteiger partial charge < -0.3 is 4.74 Å². The summed E-state index contributed by atoms with van der Waals surface area (Å²) in [6.45, 7) is 0. The average molecular weight is 316 g/mol. The lowest BCUT2D eigenvalue weighted by Gasteiger charge is -2.09. The van der Waals surface area contributed by atoms with Crippen LogP contribution in [-0.4, -0.2) is 18.1 Å². The van der Waals surface area contributed by atoms with Gasteiger partial charge in [0.15, 0.2) is 0 Å². The van der Waals surface area contributed by atoms with Gasteiger partial charge in [0.1, 0.15) is 5.82 Å². The van der Waals surface area contributed by atoms with Crippen molar-refractivity contribution in [3.63, 3.8) is 0 Å². The molecule has 2 aromatic carbocycles. The minimum Gasteiger partial charge on any atom is -0.465 e. The van der Waals surface area contributed by atoms with Crippen LogP contribution in [0.2, 0.25) is 5.02 Å². The number of methoxy groups -OCH3 is 1. The van der Waals surface area contributed by atoms with Gasteiger partial charge in [0, 0.05) is 5.56 Å². The average Bonchev–Trinajstić information content (AvgIpc) is 2.53. The van der Waals surface area contributed by atoms with E-state index in [-0.39, 0.29) is 5.02 Å². The summed E-state index contributed by atoms with van der Waals surface area (Å²) in [6, 6.07) is 12.1. The molecule has 1 heterocycles. The smallest absolute Gasteiger partial charge is 0.337 e. The van der Waals surface area contributed by atoms with Crippen LogP contribution in [0, 0.1) is 5.82 Å². The first kappa shape index (κ1) is 14.5. The first-order valence-corrected chi connectivity index (χ1v) is 6.90.